The molecule has 1 aromatic heterocycles. The van der Waals surface area contributed by atoms with Crippen molar-refractivity contribution in [1.82, 2.24) is 19.8 Å². The molecule has 22 heavy (non-hydrogen) atoms. The second kappa shape index (κ2) is 7.64. The summed E-state index contributed by atoms with van der Waals surface area (Å²) in [4.78, 5) is 17.7. The minimum absolute atomic E-state index is 0.0826. The summed E-state index contributed by atoms with van der Waals surface area (Å²) in [6.45, 7) is 0.510. The van der Waals surface area contributed by atoms with Crippen LogP contribution < -0.4 is 5.32 Å². The molecule has 8 heteroatoms. The lowest BCUT2D eigenvalue weighted by Gasteiger charge is -2.24. The molecule has 0 radical (unpaired) electrons. The molecule has 0 aliphatic carbocycles. The van der Waals surface area contributed by atoms with Crippen molar-refractivity contribution in [3.63, 3.8) is 0 Å². The normalized spacial score (nSPS) is 19.8. The summed E-state index contributed by atoms with van der Waals surface area (Å²) in [5.74, 6) is 0.0874. The third-order valence-corrected chi connectivity index (χ3v) is 3.92. The minimum Gasteiger partial charge on any atom is -0.376 e. The number of imidazole rings is 1. The Labute approximate surface area is 128 Å². The summed E-state index contributed by atoms with van der Waals surface area (Å²) in [7, 11) is 1.71. The van der Waals surface area contributed by atoms with Crippen molar-refractivity contribution in [2.45, 2.75) is 45.0 Å². The number of amides is 1. The average molecular weight is 316 g/mol. The molecule has 1 aliphatic heterocycles. The van der Waals surface area contributed by atoms with Crippen LogP contribution in [0.2, 0.25) is 0 Å². The van der Waals surface area contributed by atoms with Crippen molar-refractivity contribution in [3.05, 3.63) is 18.2 Å². The Morgan fingerprint density at radius 2 is 2.41 bits per heavy atom. The quantitative estimate of drug-likeness (QED) is 0.826. The van der Waals surface area contributed by atoms with Crippen molar-refractivity contribution < 1.29 is 18.3 Å². The Morgan fingerprint density at radius 3 is 3.05 bits per heavy atom. The molecular formula is C14H22F2N4O2. The summed E-state index contributed by atoms with van der Waals surface area (Å²) in [6.07, 6.45) is 4.62. The van der Waals surface area contributed by atoms with Gasteiger partial charge in [-0.1, -0.05) is 0 Å². The fourth-order valence-electron chi connectivity index (χ4n) is 2.37. The number of hydrogen-bond donors (Lipinski definition) is 1. The van der Waals surface area contributed by atoms with E-state index in [0.29, 0.717) is 6.54 Å². The molecule has 1 fully saturated rings. The van der Waals surface area contributed by atoms with E-state index in [2.05, 4.69) is 10.3 Å². The maximum atomic E-state index is 12.8. The van der Waals surface area contributed by atoms with Crippen molar-refractivity contribution in [1.29, 1.82) is 0 Å². The number of ether oxygens (including phenoxy) is 1. The lowest BCUT2D eigenvalue weighted by atomic mass is 10.2. The molecule has 1 saturated heterocycles. The summed E-state index contributed by atoms with van der Waals surface area (Å²) >= 11 is 0. The van der Waals surface area contributed by atoms with Gasteiger partial charge in [-0.15, -0.1) is 0 Å². The van der Waals surface area contributed by atoms with Crippen LogP contribution in [0.15, 0.2) is 12.4 Å². The lowest BCUT2D eigenvalue weighted by molar-refractivity contribution is -0.126. The predicted molar refractivity (Wildman–Crippen MR) is 76.4 cm³/mol. The molecule has 2 heterocycles. The van der Waals surface area contributed by atoms with E-state index in [-0.39, 0.29) is 24.4 Å². The van der Waals surface area contributed by atoms with E-state index < -0.39 is 12.6 Å². The fourth-order valence-corrected chi connectivity index (χ4v) is 2.37. The van der Waals surface area contributed by atoms with Gasteiger partial charge < -0.3 is 10.1 Å². The highest BCUT2D eigenvalue weighted by atomic mass is 19.3. The topological polar surface area (TPSA) is 59.4 Å². The molecule has 1 amide bonds. The summed E-state index contributed by atoms with van der Waals surface area (Å²) in [5.41, 5.74) is 0. The van der Waals surface area contributed by atoms with E-state index in [1.165, 1.54) is 12.4 Å². The number of alkyl halides is 2. The van der Waals surface area contributed by atoms with Gasteiger partial charge in [-0.25, -0.2) is 4.98 Å². The van der Waals surface area contributed by atoms with Crippen molar-refractivity contribution in [2.24, 2.45) is 0 Å². The number of rotatable bonds is 7. The molecule has 2 atom stereocenters. The van der Waals surface area contributed by atoms with Gasteiger partial charge in [0.05, 0.1) is 18.7 Å². The Bertz CT molecular complexity index is 489. The first-order valence-electron chi connectivity index (χ1n) is 7.38. The molecule has 1 N–H and O–H groups in total. The van der Waals surface area contributed by atoms with Gasteiger partial charge in [0.2, 0.25) is 5.91 Å². The molecule has 124 valence electrons. The van der Waals surface area contributed by atoms with Gasteiger partial charge in [-0.05, 0) is 26.8 Å². The van der Waals surface area contributed by atoms with Crippen LogP contribution >= 0.6 is 0 Å². The predicted octanol–water partition coefficient (Wildman–Crippen LogP) is 1.39. The molecule has 0 saturated carbocycles. The van der Waals surface area contributed by atoms with Crippen molar-refractivity contribution >= 4 is 5.91 Å². The minimum atomic E-state index is -2.63. The van der Waals surface area contributed by atoms with Gasteiger partial charge >= 0.3 is 6.55 Å². The fraction of sp³-hybridized carbons (Fsp3) is 0.714. The zero-order valence-electron chi connectivity index (χ0n) is 12.8. The second-order valence-electron chi connectivity index (χ2n) is 5.50. The van der Waals surface area contributed by atoms with Crippen LogP contribution in [0.1, 0.15) is 32.1 Å². The number of nitrogens with zero attached hydrogens (tertiary/aromatic N) is 3. The first-order chi connectivity index (χ1) is 10.5. The Kier molecular flexibility index (Phi) is 5.84. The summed E-state index contributed by atoms with van der Waals surface area (Å²) in [5, 5.41) is 2.84. The molecule has 0 bridgehead atoms. The summed E-state index contributed by atoms with van der Waals surface area (Å²) < 4.78 is 31.8. The zero-order valence-corrected chi connectivity index (χ0v) is 12.8. The van der Waals surface area contributed by atoms with Gasteiger partial charge in [0.15, 0.2) is 0 Å². The van der Waals surface area contributed by atoms with E-state index in [4.69, 9.17) is 4.74 Å². The van der Waals surface area contributed by atoms with Crippen LogP contribution in [0.4, 0.5) is 8.78 Å². The van der Waals surface area contributed by atoms with Gasteiger partial charge in [0.25, 0.3) is 0 Å². The van der Waals surface area contributed by atoms with E-state index in [1.54, 1.807) is 18.9 Å². The van der Waals surface area contributed by atoms with Crippen LogP contribution in [0, 0.1) is 0 Å². The molecule has 0 spiro atoms. The highest BCUT2D eigenvalue weighted by Crippen LogP contribution is 2.14. The monoisotopic (exact) mass is 316 g/mol. The molecule has 0 aromatic carbocycles. The number of likely N-dealkylation sites (N-methyl/N-ethyl adjacent to an activating group) is 1. The largest absolute Gasteiger partial charge is 0.376 e. The van der Waals surface area contributed by atoms with Crippen molar-refractivity contribution in [2.75, 3.05) is 20.2 Å². The van der Waals surface area contributed by atoms with Gasteiger partial charge in [-0.3, -0.25) is 14.3 Å². The first kappa shape index (κ1) is 16.8. The number of halogens is 2. The second-order valence-corrected chi connectivity index (χ2v) is 5.50. The Morgan fingerprint density at radius 1 is 1.64 bits per heavy atom. The SMILES string of the molecule is C[C@@H](C(=O)NC[C@@H]1CCCO1)N(C)Cc1nccn1C(F)F. The number of aromatic nitrogens is 2. The Hall–Kier alpha value is -1.54. The van der Waals surface area contributed by atoms with E-state index >= 15 is 0 Å². The zero-order chi connectivity index (χ0) is 16.1. The highest BCUT2D eigenvalue weighted by Gasteiger charge is 2.22. The number of carbonyl (C=O) groups excluding carboxylic acids is 1. The average Bonchev–Trinajstić information content (AvgIpc) is 3.14. The maximum absolute atomic E-state index is 12.8. The van der Waals surface area contributed by atoms with Crippen molar-refractivity contribution in [3.8, 4) is 0 Å². The standard InChI is InChI=1S/C14H22F2N4O2/c1-10(13(21)18-8-11-4-3-7-22-11)19(2)9-12-17-5-6-20(12)14(15)16/h5-6,10-11,14H,3-4,7-9H2,1-2H3,(H,18,21)/t10-,11-/m0/s1. The number of hydrogen-bond acceptors (Lipinski definition) is 4. The lowest BCUT2D eigenvalue weighted by Crippen LogP contribution is -2.45. The maximum Gasteiger partial charge on any atom is 0.319 e. The van der Waals surface area contributed by atoms with Crippen LogP contribution in [0.25, 0.3) is 0 Å². The van der Waals surface area contributed by atoms with Crippen LogP contribution in [-0.2, 0) is 16.1 Å². The molecule has 2 rings (SSSR count). The first-order valence-corrected chi connectivity index (χ1v) is 7.38. The Balaban J connectivity index is 1.83. The smallest absolute Gasteiger partial charge is 0.319 e. The molecule has 1 aromatic rings. The molecule has 6 nitrogen and oxygen atoms in total. The molecule has 0 unspecified atom stereocenters. The molecular weight excluding hydrogens is 294 g/mol. The van der Waals surface area contributed by atoms with Crippen LogP contribution in [0.5, 0.6) is 0 Å². The van der Waals surface area contributed by atoms with E-state index in [1.807, 2.05) is 0 Å². The highest BCUT2D eigenvalue weighted by molar-refractivity contribution is 5.81. The number of nitrogens with one attached hydrogen (secondary N) is 1. The number of carbonyl (C=O) groups is 1. The van der Waals surface area contributed by atoms with Gasteiger partial charge in [0, 0.05) is 25.5 Å². The third kappa shape index (κ3) is 4.23. The third-order valence-electron chi connectivity index (χ3n) is 3.92. The summed E-state index contributed by atoms with van der Waals surface area (Å²) in [6, 6.07) is -0.441. The van der Waals surface area contributed by atoms with Gasteiger partial charge in [0.1, 0.15) is 5.82 Å². The van der Waals surface area contributed by atoms with E-state index in [9.17, 15) is 13.6 Å². The van der Waals surface area contributed by atoms with Gasteiger partial charge in [-0.2, -0.15) is 8.78 Å². The molecule has 1 aliphatic rings. The van der Waals surface area contributed by atoms with Crippen LogP contribution in [0.3, 0.4) is 0 Å². The van der Waals surface area contributed by atoms with Crippen LogP contribution in [-0.4, -0.2) is 52.7 Å². The van der Waals surface area contributed by atoms with E-state index in [0.717, 1.165) is 24.0 Å².